The molecule has 1 aliphatic rings. The highest BCUT2D eigenvalue weighted by Gasteiger charge is 2.20. The maximum Gasteiger partial charge on any atom is 0.293 e. The molecule has 10 heteroatoms. The lowest BCUT2D eigenvalue weighted by Crippen LogP contribution is -2.34. The highest BCUT2D eigenvalue weighted by Crippen LogP contribution is 2.27. The molecule has 1 atom stereocenters. The van der Waals surface area contributed by atoms with Gasteiger partial charge in [0.05, 0.1) is 35.7 Å². The van der Waals surface area contributed by atoms with Gasteiger partial charge >= 0.3 is 0 Å². The third kappa shape index (κ3) is 4.11. The first kappa shape index (κ1) is 15.6. The Hall–Kier alpha value is -1.75. The number of ether oxygens (including phenoxy) is 2. The van der Waals surface area contributed by atoms with E-state index in [-0.39, 0.29) is 22.4 Å². The Bertz CT molecular complexity index is 627. The van der Waals surface area contributed by atoms with Crippen LogP contribution in [0.15, 0.2) is 23.1 Å². The van der Waals surface area contributed by atoms with Crippen LogP contribution in [0.5, 0.6) is 0 Å². The number of hydrogen-bond acceptors (Lipinski definition) is 7. The first-order chi connectivity index (χ1) is 9.88. The van der Waals surface area contributed by atoms with Gasteiger partial charge in [0.2, 0.25) is 10.0 Å². The van der Waals surface area contributed by atoms with Crippen LogP contribution in [-0.4, -0.2) is 45.8 Å². The van der Waals surface area contributed by atoms with Crippen LogP contribution in [0.3, 0.4) is 0 Å². The molecule has 3 N–H and O–H groups in total. The Morgan fingerprint density at radius 2 is 2.19 bits per heavy atom. The SMILES string of the molecule is NS(=O)(=O)c1ccc(NC[C@H]2COCCO2)c([N+](=O)[O-])c1. The van der Waals surface area contributed by atoms with Gasteiger partial charge in [0, 0.05) is 12.6 Å². The summed E-state index contributed by atoms with van der Waals surface area (Å²) in [5.41, 5.74) is -0.167. The van der Waals surface area contributed by atoms with Gasteiger partial charge in [-0.25, -0.2) is 13.6 Å². The predicted octanol–water partition coefficient (Wildman–Crippen LogP) is 0.0695. The topological polar surface area (TPSA) is 134 Å². The average molecular weight is 317 g/mol. The van der Waals surface area contributed by atoms with Crippen molar-refractivity contribution in [2.45, 2.75) is 11.0 Å². The molecule has 1 fully saturated rings. The molecule has 0 bridgehead atoms. The number of benzene rings is 1. The largest absolute Gasteiger partial charge is 0.377 e. The lowest BCUT2D eigenvalue weighted by Gasteiger charge is -2.23. The maximum absolute atomic E-state index is 11.2. The Balaban J connectivity index is 2.16. The van der Waals surface area contributed by atoms with Gasteiger partial charge in [0.1, 0.15) is 5.69 Å². The van der Waals surface area contributed by atoms with E-state index in [0.717, 1.165) is 6.07 Å². The Morgan fingerprint density at radius 3 is 2.76 bits per heavy atom. The van der Waals surface area contributed by atoms with E-state index in [1.165, 1.54) is 12.1 Å². The second-order valence-electron chi connectivity index (χ2n) is 4.43. The van der Waals surface area contributed by atoms with Crippen molar-refractivity contribution in [2.75, 3.05) is 31.7 Å². The monoisotopic (exact) mass is 317 g/mol. The molecule has 21 heavy (non-hydrogen) atoms. The Morgan fingerprint density at radius 1 is 1.43 bits per heavy atom. The number of nitro benzene ring substituents is 1. The molecule has 1 aliphatic heterocycles. The zero-order valence-corrected chi connectivity index (χ0v) is 11.8. The van der Waals surface area contributed by atoms with Gasteiger partial charge in [-0.1, -0.05) is 0 Å². The summed E-state index contributed by atoms with van der Waals surface area (Å²) in [5, 5.41) is 18.8. The van der Waals surface area contributed by atoms with Crippen LogP contribution in [0.25, 0.3) is 0 Å². The minimum absolute atomic E-state index is 0.196. The third-order valence-electron chi connectivity index (χ3n) is 2.90. The molecule has 0 saturated carbocycles. The zero-order chi connectivity index (χ0) is 15.5. The van der Waals surface area contributed by atoms with E-state index in [9.17, 15) is 18.5 Å². The number of nitrogens with zero attached hydrogens (tertiary/aromatic N) is 1. The van der Waals surface area contributed by atoms with Crippen LogP contribution in [-0.2, 0) is 19.5 Å². The number of nitrogens with two attached hydrogens (primary N) is 1. The molecule has 1 aromatic carbocycles. The van der Waals surface area contributed by atoms with Gasteiger partial charge in [-0.15, -0.1) is 0 Å². The number of nitro groups is 1. The summed E-state index contributed by atoms with van der Waals surface area (Å²) in [6.45, 7) is 1.71. The van der Waals surface area contributed by atoms with Crippen LogP contribution < -0.4 is 10.5 Å². The summed E-state index contributed by atoms with van der Waals surface area (Å²) in [5.74, 6) is 0. The Labute approximate surface area is 121 Å². The van der Waals surface area contributed by atoms with Crippen LogP contribution in [0.4, 0.5) is 11.4 Å². The van der Waals surface area contributed by atoms with Gasteiger partial charge in [0.15, 0.2) is 0 Å². The van der Waals surface area contributed by atoms with Crippen molar-refractivity contribution >= 4 is 21.4 Å². The number of hydrogen-bond donors (Lipinski definition) is 2. The second kappa shape index (κ2) is 6.35. The molecule has 9 nitrogen and oxygen atoms in total. The molecular weight excluding hydrogens is 302 g/mol. The summed E-state index contributed by atoms with van der Waals surface area (Å²) < 4.78 is 33.1. The van der Waals surface area contributed by atoms with Crippen molar-refractivity contribution in [1.29, 1.82) is 0 Å². The van der Waals surface area contributed by atoms with E-state index in [0.29, 0.717) is 26.4 Å². The summed E-state index contributed by atoms with van der Waals surface area (Å²) in [4.78, 5) is 10.0. The maximum atomic E-state index is 11.2. The molecule has 0 unspecified atom stereocenters. The number of rotatable bonds is 5. The van der Waals surface area contributed by atoms with Crippen molar-refractivity contribution in [3.8, 4) is 0 Å². The highest BCUT2D eigenvalue weighted by atomic mass is 32.2. The lowest BCUT2D eigenvalue weighted by atomic mass is 10.2. The fourth-order valence-electron chi connectivity index (χ4n) is 1.87. The smallest absolute Gasteiger partial charge is 0.293 e. The van der Waals surface area contributed by atoms with Crippen LogP contribution in [0.2, 0.25) is 0 Å². The van der Waals surface area contributed by atoms with E-state index >= 15 is 0 Å². The molecule has 1 saturated heterocycles. The van der Waals surface area contributed by atoms with Gasteiger partial charge in [0.25, 0.3) is 5.69 Å². The number of nitrogens with one attached hydrogen (secondary N) is 1. The van der Waals surface area contributed by atoms with Gasteiger partial charge in [-0.3, -0.25) is 10.1 Å². The normalized spacial score (nSPS) is 19.2. The van der Waals surface area contributed by atoms with Gasteiger partial charge in [-0.2, -0.15) is 0 Å². The lowest BCUT2D eigenvalue weighted by molar-refractivity contribution is -0.384. The molecule has 0 amide bonds. The fraction of sp³-hybridized carbons (Fsp3) is 0.455. The number of sulfonamides is 1. The van der Waals surface area contributed by atoms with Crippen LogP contribution >= 0.6 is 0 Å². The van der Waals surface area contributed by atoms with E-state index in [4.69, 9.17) is 14.6 Å². The zero-order valence-electron chi connectivity index (χ0n) is 11.0. The molecule has 0 aliphatic carbocycles. The summed E-state index contributed by atoms with van der Waals surface area (Å²) in [7, 11) is -3.99. The number of anilines is 1. The molecular formula is C11H15N3O6S. The van der Waals surface area contributed by atoms with E-state index in [2.05, 4.69) is 5.32 Å². The quantitative estimate of drug-likeness (QED) is 0.579. The standard InChI is InChI=1S/C11H15N3O6S/c12-21(17,18)9-1-2-10(11(5-9)14(15)16)13-6-8-7-19-3-4-20-8/h1-2,5,8,13H,3-4,6-7H2,(H2,12,17,18)/t8-/m0/s1. The first-order valence-electron chi connectivity index (χ1n) is 6.12. The van der Waals surface area contributed by atoms with E-state index in [1.54, 1.807) is 0 Å². The van der Waals surface area contributed by atoms with Gasteiger partial charge < -0.3 is 14.8 Å². The first-order valence-corrected chi connectivity index (χ1v) is 7.67. The molecule has 1 aromatic rings. The summed E-state index contributed by atoms with van der Waals surface area (Å²) in [6.07, 6.45) is -0.212. The summed E-state index contributed by atoms with van der Waals surface area (Å²) in [6, 6.07) is 3.44. The van der Waals surface area contributed by atoms with Crippen LogP contribution in [0, 0.1) is 10.1 Å². The van der Waals surface area contributed by atoms with Crippen molar-refractivity contribution < 1.29 is 22.8 Å². The predicted molar refractivity (Wildman–Crippen MR) is 73.5 cm³/mol. The van der Waals surface area contributed by atoms with E-state index in [1.807, 2.05) is 0 Å². The van der Waals surface area contributed by atoms with Crippen molar-refractivity contribution in [2.24, 2.45) is 5.14 Å². The van der Waals surface area contributed by atoms with Crippen molar-refractivity contribution in [3.05, 3.63) is 28.3 Å². The average Bonchev–Trinajstić information content (AvgIpc) is 2.45. The highest BCUT2D eigenvalue weighted by molar-refractivity contribution is 7.89. The molecule has 0 spiro atoms. The number of primary sulfonamides is 1. The van der Waals surface area contributed by atoms with Gasteiger partial charge in [-0.05, 0) is 12.1 Å². The Kier molecular flexibility index (Phi) is 4.73. The molecule has 2 rings (SSSR count). The molecule has 0 radical (unpaired) electrons. The minimum Gasteiger partial charge on any atom is -0.377 e. The summed E-state index contributed by atoms with van der Waals surface area (Å²) >= 11 is 0. The molecule has 1 heterocycles. The van der Waals surface area contributed by atoms with Crippen molar-refractivity contribution in [1.82, 2.24) is 0 Å². The minimum atomic E-state index is -3.99. The second-order valence-corrected chi connectivity index (χ2v) is 5.99. The van der Waals surface area contributed by atoms with Crippen molar-refractivity contribution in [3.63, 3.8) is 0 Å². The fourth-order valence-corrected chi connectivity index (χ4v) is 2.40. The third-order valence-corrected chi connectivity index (χ3v) is 3.81. The van der Waals surface area contributed by atoms with E-state index < -0.39 is 14.9 Å². The molecule has 0 aromatic heterocycles. The van der Waals surface area contributed by atoms with Crippen LogP contribution in [0.1, 0.15) is 0 Å². The molecule has 116 valence electrons.